The Morgan fingerprint density at radius 1 is 1.35 bits per heavy atom. The van der Waals surface area contributed by atoms with Gasteiger partial charge < -0.3 is 10.2 Å². The van der Waals surface area contributed by atoms with Crippen molar-refractivity contribution in [2.75, 3.05) is 19.0 Å². The van der Waals surface area contributed by atoms with Crippen LogP contribution >= 0.6 is 12.4 Å². The van der Waals surface area contributed by atoms with Gasteiger partial charge in [-0.2, -0.15) is 0 Å². The van der Waals surface area contributed by atoms with Crippen molar-refractivity contribution in [1.82, 2.24) is 10.3 Å². The number of anilines is 1. The average Bonchev–Trinajstić information content (AvgIpc) is 2.79. The average molecular weight is 256 g/mol. The summed E-state index contributed by atoms with van der Waals surface area (Å²) in [5.41, 5.74) is 1.29. The lowest BCUT2D eigenvalue weighted by Crippen LogP contribution is -2.26. The predicted molar refractivity (Wildman–Crippen MR) is 74.9 cm³/mol. The maximum atomic E-state index is 4.41. The second-order valence-electron chi connectivity index (χ2n) is 4.74. The van der Waals surface area contributed by atoms with E-state index >= 15 is 0 Å². The third-order valence-electron chi connectivity index (χ3n) is 3.23. The maximum Gasteiger partial charge on any atom is 0.132 e. The van der Waals surface area contributed by atoms with E-state index in [0.717, 1.165) is 18.4 Å². The monoisotopic (exact) mass is 255 g/mol. The van der Waals surface area contributed by atoms with Crippen molar-refractivity contribution in [2.24, 2.45) is 0 Å². The number of pyridine rings is 1. The zero-order chi connectivity index (χ0) is 11.4. The molecule has 0 radical (unpaired) electrons. The van der Waals surface area contributed by atoms with Crippen LogP contribution in [0.5, 0.6) is 0 Å². The molecule has 0 aromatic carbocycles. The van der Waals surface area contributed by atoms with E-state index in [1.165, 1.54) is 31.2 Å². The Kier molecular flexibility index (Phi) is 5.72. The molecule has 1 saturated carbocycles. The highest BCUT2D eigenvalue weighted by Gasteiger charge is 2.14. The van der Waals surface area contributed by atoms with Crippen LogP contribution in [0, 0.1) is 0 Å². The molecule has 0 aliphatic heterocycles. The lowest BCUT2D eigenvalue weighted by molar-refractivity contribution is 0.524. The number of hydrogen-bond acceptors (Lipinski definition) is 3. The van der Waals surface area contributed by atoms with E-state index in [2.05, 4.69) is 21.3 Å². The molecule has 0 saturated heterocycles. The minimum atomic E-state index is 0. The molecular weight excluding hydrogens is 234 g/mol. The lowest BCUT2D eigenvalue weighted by atomic mass is 10.2. The molecule has 1 aromatic rings. The Labute approximate surface area is 110 Å². The summed E-state index contributed by atoms with van der Waals surface area (Å²) >= 11 is 0. The molecule has 0 amide bonds. The van der Waals surface area contributed by atoms with Gasteiger partial charge >= 0.3 is 0 Å². The van der Waals surface area contributed by atoms with Gasteiger partial charge in [0.1, 0.15) is 5.82 Å². The third-order valence-corrected chi connectivity index (χ3v) is 3.23. The van der Waals surface area contributed by atoms with Crippen molar-refractivity contribution in [3.63, 3.8) is 0 Å². The molecule has 3 nitrogen and oxygen atoms in total. The normalized spacial score (nSPS) is 15.6. The Bertz CT molecular complexity index is 335. The molecule has 96 valence electrons. The third kappa shape index (κ3) is 3.86. The molecule has 1 aliphatic rings. The maximum absolute atomic E-state index is 4.41. The van der Waals surface area contributed by atoms with Gasteiger partial charge in [-0.1, -0.05) is 18.9 Å². The first-order valence-electron chi connectivity index (χ1n) is 6.12. The topological polar surface area (TPSA) is 28.2 Å². The van der Waals surface area contributed by atoms with E-state index in [-0.39, 0.29) is 12.4 Å². The first-order valence-corrected chi connectivity index (χ1v) is 6.12. The largest absolute Gasteiger partial charge is 0.362 e. The van der Waals surface area contributed by atoms with Crippen LogP contribution in [0.3, 0.4) is 0 Å². The molecule has 2 rings (SSSR count). The molecule has 17 heavy (non-hydrogen) atoms. The van der Waals surface area contributed by atoms with Gasteiger partial charge in [-0.05, 0) is 18.9 Å². The standard InChI is InChI=1S/C13H21N3.ClH/c1-16(2)13-11(6-5-9-14-13)10-15-12-7-3-4-8-12;/h5-6,9,12,15H,3-4,7-8,10H2,1-2H3;1H. The Hall–Kier alpha value is -0.800. The van der Waals surface area contributed by atoms with Crippen LogP contribution in [0.1, 0.15) is 31.2 Å². The summed E-state index contributed by atoms with van der Waals surface area (Å²) < 4.78 is 0. The molecule has 0 atom stereocenters. The summed E-state index contributed by atoms with van der Waals surface area (Å²) in [6.45, 7) is 0.937. The molecule has 1 aliphatic carbocycles. The highest BCUT2D eigenvalue weighted by atomic mass is 35.5. The summed E-state index contributed by atoms with van der Waals surface area (Å²) in [6.07, 6.45) is 7.28. The van der Waals surface area contributed by atoms with E-state index in [4.69, 9.17) is 0 Å². The quantitative estimate of drug-likeness (QED) is 0.897. The molecule has 1 N–H and O–H groups in total. The second kappa shape index (κ2) is 6.82. The molecule has 0 unspecified atom stereocenters. The van der Waals surface area contributed by atoms with Gasteiger partial charge in [0.2, 0.25) is 0 Å². The zero-order valence-electron chi connectivity index (χ0n) is 10.6. The number of nitrogens with zero attached hydrogens (tertiary/aromatic N) is 2. The number of nitrogens with one attached hydrogen (secondary N) is 1. The fraction of sp³-hybridized carbons (Fsp3) is 0.615. The molecular formula is C13H22ClN3. The van der Waals surface area contributed by atoms with Crippen molar-refractivity contribution in [2.45, 2.75) is 38.3 Å². The van der Waals surface area contributed by atoms with Crippen LogP contribution < -0.4 is 10.2 Å². The Morgan fingerprint density at radius 2 is 2.06 bits per heavy atom. The summed E-state index contributed by atoms with van der Waals surface area (Å²) in [4.78, 5) is 6.48. The lowest BCUT2D eigenvalue weighted by Gasteiger charge is -2.18. The molecule has 0 spiro atoms. The van der Waals surface area contributed by atoms with Crippen molar-refractivity contribution in [3.05, 3.63) is 23.9 Å². The number of hydrogen-bond donors (Lipinski definition) is 1. The van der Waals surface area contributed by atoms with Crippen LogP contribution in [0.2, 0.25) is 0 Å². The zero-order valence-corrected chi connectivity index (χ0v) is 11.5. The number of halogens is 1. The fourth-order valence-electron chi connectivity index (χ4n) is 2.36. The van der Waals surface area contributed by atoms with Crippen molar-refractivity contribution in [1.29, 1.82) is 0 Å². The molecule has 1 heterocycles. The van der Waals surface area contributed by atoms with Gasteiger partial charge in [0.15, 0.2) is 0 Å². The SMILES string of the molecule is CN(C)c1ncccc1CNC1CCCC1.Cl. The van der Waals surface area contributed by atoms with Crippen LogP contribution in [0.25, 0.3) is 0 Å². The van der Waals surface area contributed by atoms with Gasteiger partial charge in [-0.25, -0.2) is 4.98 Å². The van der Waals surface area contributed by atoms with Crippen molar-refractivity contribution >= 4 is 18.2 Å². The highest BCUT2D eigenvalue weighted by Crippen LogP contribution is 2.19. The molecule has 1 aromatic heterocycles. The van der Waals surface area contributed by atoms with E-state index in [1.807, 2.05) is 26.4 Å². The molecule has 4 heteroatoms. The first kappa shape index (κ1) is 14.3. The predicted octanol–water partition coefficient (Wildman–Crippen LogP) is 2.60. The number of rotatable bonds is 4. The van der Waals surface area contributed by atoms with Gasteiger partial charge in [0.05, 0.1) is 0 Å². The summed E-state index contributed by atoms with van der Waals surface area (Å²) in [7, 11) is 4.09. The molecule has 0 bridgehead atoms. The summed E-state index contributed by atoms with van der Waals surface area (Å²) in [5.74, 6) is 1.08. The first-order chi connectivity index (χ1) is 7.77. The van der Waals surface area contributed by atoms with Crippen LogP contribution in [0.4, 0.5) is 5.82 Å². The van der Waals surface area contributed by atoms with Gasteiger partial charge in [-0.15, -0.1) is 12.4 Å². The summed E-state index contributed by atoms with van der Waals surface area (Å²) in [6, 6.07) is 4.89. The van der Waals surface area contributed by atoms with E-state index in [9.17, 15) is 0 Å². The minimum absolute atomic E-state index is 0. The second-order valence-corrected chi connectivity index (χ2v) is 4.74. The van der Waals surface area contributed by atoms with Gasteiger partial charge in [-0.3, -0.25) is 0 Å². The van der Waals surface area contributed by atoms with Crippen molar-refractivity contribution in [3.8, 4) is 0 Å². The van der Waals surface area contributed by atoms with Crippen LogP contribution in [-0.2, 0) is 6.54 Å². The fourth-order valence-corrected chi connectivity index (χ4v) is 2.36. The Balaban J connectivity index is 0.00000144. The van der Waals surface area contributed by atoms with E-state index in [0.29, 0.717) is 0 Å². The highest BCUT2D eigenvalue weighted by molar-refractivity contribution is 5.85. The smallest absolute Gasteiger partial charge is 0.132 e. The van der Waals surface area contributed by atoms with Crippen molar-refractivity contribution < 1.29 is 0 Å². The Morgan fingerprint density at radius 3 is 2.71 bits per heavy atom. The van der Waals surface area contributed by atoms with Crippen LogP contribution in [-0.4, -0.2) is 25.1 Å². The molecule has 1 fully saturated rings. The van der Waals surface area contributed by atoms with Gasteiger partial charge in [0, 0.05) is 38.4 Å². The number of aromatic nitrogens is 1. The minimum Gasteiger partial charge on any atom is -0.362 e. The van der Waals surface area contributed by atoms with Crippen LogP contribution in [0.15, 0.2) is 18.3 Å². The van der Waals surface area contributed by atoms with E-state index in [1.54, 1.807) is 0 Å². The van der Waals surface area contributed by atoms with E-state index < -0.39 is 0 Å². The summed E-state index contributed by atoms with van der Waals surface area (Å²) in [5, 5.41) is 3.63. The van der Waals surface area contributed by atoms with Gasteiger partial charge in [0.25, 0.3) is 0 Å².